The van der Waals surface area contributed by atoms with Gasteiger partial charge in [-0.1, -0.05) is 79.1 Å². The van der Waals surface area contributed by atoms with Crippen LogP contribution < -0.4 is 0 Å². The third-order valence-electron chi connectivity index (χ3n) is 4.93. The van der Waals surface area contributed by atoms with Gasteiger partial charge in [0, 0.05) is 0 Å². The van der Waals surface area contributed by atoms with E-state index in [2.05, 4.69) is 31.9 Å². The summed E-state index contributed by atoms with van der Waals surface area (Å²) in [6.45, 7) is 10.7. The standard InChI is InChI=1S/C20H42O4S/c1-6-7-8-9-10-11-12-13-17(2)14-18(3)15-19(4)16-20(5)24-25(21,22)23/h17-20H,6-16H2,1-5H3,(H,21,22,23). The minimum Gasteiger partial charge on any atom is -0.264 e. The molecule has 0 aliphatic carbocycles. The van der Waals surface area contributed by atoms with Crippen LogP contribution in [0.25, 0.3) is 0 Å². The first-order valence-corrected chi connectivity index (χ1v) is 11.7. The van der Waals surface area contributed by atoms with Gasteiger partial charge in [0.05, 0.1) is 6.10 Å². The van der Waals surface area contributed by atoms with Crippen molar-refractivity contribution >= 4 is 10.4 Å². The van der Waals surface area contributed by atoms with Crippen LogP contribution in [0.4, 0.5) is 0 Å². The molecule has 0 aromatic heterocycles. The monoisotopic (exact) mass is 378 g/mol. The molecule has 4 unspecified atom stereocenters. The molecule has 5 heteroatoms. The molecule has 0 fully saturated rings. The van der Waals surface area contributed by atoms with Crippen LogP contribution in [0.1, 0.15) is 105 Å². The van der Waals surface area contributed by atoms with Crippen LogP contribution in [0.2, 0.25) is 0 Å². The van der Waals surface area contributed by atoms with Crippen LogP contribution in [0, 0.1) is 17.8 Å². The second-order valence-corrected chi connectivity index (χ2v) is 9.32. The van der Waals surface area contributed by atoms with Crippen LogP contribution in [0.3, 0.4) is 0 Å². The largest absolute Gasteiger partial charge is 0.397 e. The van der Waals surface area contributed by atoms with Crippen LogP contribution in [0.15, 0.2) is 0 Å². The van der Waals surface area contributed by atoms with Gasteiger partial charge in [0.1, 0.15) is 0 Å². The maximum Gasteiger partial charge on any atom is 0.397 e. The highest BCUT2D eigenvalue weighted by Gasteiger charge is 2.18. The number of hydrogen-bond donors (Lipinski definition) is 1. The fourth-order valence-corrected chi connectivity index (χ4v) is 4.44. The maximum absolute atomic E-state index is 10.7. The SMILES string of the molecule is CCCCCCCCCC(C)CC(C)CC(C)CC(C)OS(=O)(=O)O. The van der Waals surface area contributed by atoms with Gasteiger partial charge in [0.15, 0.2) is 0 Å². The summed E-state index contributed by atoms with van der Waals surface area (Å²) in [6.07, 6.45) is 13.3. The van der Waals surface area contributed by atoms with Crippen LogP contribution in [-0.2, 0) is 14.6 Å². The van der Waals surface area contributed by atoms with Gasteiger partial charge in [0.2, 0.25) is 0 Å². The summed E-state index contributed by atoms with van der Waals surface area (Å²) in [5.41, 5.74) is 0. The predicted molar refractivity (Wildman–Crippen MR) is 106 cm³/mol. The minimum absolute atomic E-state index is 0.387. The Kier molecular flexibility index (Phi) is 13.9. The lowest BCUT2D eigenvalue weighted by atomic mass is 9.86. The smallest absolute Gasteiger partial charge is 0.264 e. The average Bonchev–Trinajstić information content (AvgIpc) is 2.43. The van der Waals surface area contributed by atoms with Crippen molar-refractivity contribution in [2.75, 3.05) is 0 Å². The van der Waals surface area contributed by atoms with E-state index in [-0.39, 0.29) is 0 Å². The molecule has 0 aromatic rings. The van der Waals surface area contributed by atoms with Gasteiger partial charge < -0.3 is 0 Å². The van der Waals surface area contributed by atoms with E-state index in [0.29, 0.717) is 18.3 Å². The Balaban J connectivity index is 3.79. The van der Waals surface area contributed by atoms with Crippen molar-refractivity contribution in [3.8, 4) is 0 Å². The van der Waals surface area contributed by atoms with Crippen molar-refractivity contribution in [2.24, 2.45) is 17.8 Å². The van der Waals surface area contributed by atoms with E-state index in [1.165, 1.54) is 57.8 Å². The Bertz CT molecular complexity index is 408. The van der Waals surface area contributed by atoms with Gasteiger partial charge in [0.25, 0.3) is 0 Å². The predicted octanol–water partition coefficient (Wildman–Crippen LogP) is 6.41. The van der Waals surface area contributed by atoms with E-state index in [1.54, 1.807) is 6.92 Å². The second-order valence-electron chi connectivity index (χ2n) is 8.27. The lowest BCUT2D eigenvalue weighted by Gasteiger charge is -2.22. The van der Waals surface area contributed by atoms with E-state index in [4.69, 9.17) is 4.55 Å². The van der Waals surface area contributed by atoms with Gasteiger partial charge in [-0.25, -0.2) is 4.18 Å². The van der Waals surface area contributed by atoms with Crippen molar-refractivity contribution in [3.63, 3.8) is 0 Å². The quantitative estimate of drug-likeness (QED) is 0.249. The topological polar surface area (TPSA) is 63.6 Å². The molecule has 152 valence electrons. The van der Waals surface area contributed by atoms with Gasteiger partial charge in [-0.2, -0.15) is 8.42 Å². The molecule has 0 saturated heterocycles. The normalized spacial score (nSPS) is 17.2. The third-order valence-corrected chi connectivity index (χ3v) is 5.50. The lowest BCUT2D eigenvalue weighted by molar-refractivity contribution is 0.163. The highest BCUT2D eigenvalue weighted by Crippen LogP contribution is 2.26. The zero-order chi connectivity index (χ0) is 19.3. The van der Waals surface area contributed by atoms with E-state index >= 15 is 0 Å². The lowest BCUT2D eigenvalue weighted by Crippen LogP contribution is -2.18. The van der Waals surface area contributed by atoms with E-state index < -0.39 is 16.5 Å². The molecular formula is C20H42O4S. The number of unbranched alkanes of at least 4 members (excludes halogenated alkanes) is 6. The fourth-order valence-electron chi connectivity index (χ4n) is 3.95. The van der Waals surface area contributed by atoms with Gasteiger partial charge in [-0.05, 0) is 43.9 Å². The molecule has 4 nitrogen and oxygen atoms in total. The second kappa shape index (κ2) is 14.0. The summed E-state index contributed by atoms with van der Waals surface area (Å²) in [5, 5.41) is 0. The molecule has 0 spiro atoms. The average molecular weight is 379 g/mol. The molecule has 0 bridgehead atoms. The Hall–Kier alpha value is -0.130. The van der Waals surface area contributed by atoms with Gasteiger partial charge in [-0.15, -0.1) is 0 Å². The molecule has 0 radical (unpaired) electrons. The Morgan fingerprint density at radius 2 is 1.24 bits per heavy atom. The highest BCUT2D eigenvalue weighted by molar-refractivity contribution is 7.80. The van der Waals surface area contributed by atoms with E-state index in [1.807, 2.05) is 0 Å². The van der Waals surface area contributed by atoms with Crippen LogP contribution in [0.5, 0.6) is 0 Å². The molecule has 4 atom stereocenters. The van der Waals surface area contributed by atoms with Crippen molar-refractivity contribution in [2.45, 2.75) is 111 Å². The molecule has 0 heterocycles. The first kappa shape index (κ1) is 24.9. The van der Waals surface area contributed by atoms with Gasteiger partial charge >= 0.3 is 10.4 Å². The molecule has 0 rings (SSSR count). The summed E-state index contributed by atoms with van der Waals surface area (Å²) in [5.74, 6) is 1.77. The minimum atomic E-state index is -4.34. The van der Waals surface area contributed by atoms with E-state index in [0.717, 1.165) is 12.3 Å². The summed E-state index contributed by atoms with van der Waals surface area (Å²) in [4.78, 5) is 0. The molecule has 0 aliphatic heterocycles. The molecule has 0 amide bonds. The van der Waals surface area contributed by atoms with E-state index in [9.17, 15) is 8.42 Å². The first-order chi connectivity index (χ1) is 11.6. The van der Waals surface area contributed by atoms with Gasteiger partial charge in [-0.3, -0.25) is 4.55 Å². The third kappa shape index (κ3) is 17.1. The molecule has 0 aliphatic rings. The summed E-state index contributed by atoms with van der Waals surface area (Å²) < 4.78 is 34.8. The first-order valence-electron chi connectivity index (χ1n) is 10.3. The Morgan fingerprint density at radius 3 is 1.80 bits per heavy atom. The Morgan fingerprint density at radius 1 is 0.760 bits per heavy atom. The number of hydrogen-bond acceptors (Lipinski definition) is 3. The molecule has 25 heavy (non-hydrogen) atoms. The van der Waals surface area contributed by atoms with Crippen LogP contribution >= 0.6 is 0 Å². The molecular weight excluding hydrogens is 336 g/mol. The molecule has 1 N–H and O–H groups in total. The fraction of sp³-hybridized carbons (Fsp3) is 1.00. The Labute approximate surface area is 157 Å². The van der Waals surface area contributed by atoms with Crippen molar-refractivity contribution in [1.29, 1.82) is 0 Å². The molecule has 0 aromatic carbocycles. The van der Waals surface area contributed by atoms with Crippen molar-refractivity contribution in [1.82, 2.24) is 0 Å². The summed E-state index contributed by atoms with van der Waals surface area (Å²) in [6, 6.07) is 0. The summed E-state index contributed by atoms with van der Waals surface area (Å²) >= 11 is 0. The zero-order valence-corrected chi connectivity index (χ0v) is 18.0. The van der Waals surface area contributed by atoms with Crippen molar-refractivity contribution < 1.29 is 17.2 Å². The van der Waals surface area contributed by atoms with Crippen LogP contribution in [-0.4, -0.2) is 19.1 Å². The maximum atomic E-state index is 10.7. The molecule has 0 saturated carbocycles. The van der Waals surface area contributed by atoms with Crippen molar-refractivity contribution in [3.05, 3.63) is 0 Å². The summed E-state index contributed by atoms with van der Waals surface area (Å²) in [7, 11) is -4.34. The highest BCUT2D eigenvalue weighted by atomic mass is 32.3. The zero-order valence-electron chi connectivity index (χ0n) is 17.2. The number of rotatable bonds is 16.